The SMILES string of the molecule is [CH2]C(=C)c1ccccc1.[K+]. The molecule has 0 amide bonds. The van der Waals surface area contributed by atoms with Crippen molar-refractivity contribution in [1.29, 1.82) is 0 Å². The first-order valence-electron chi connectivity index (χ1n) is 2.87. The monoisotopic (exact) mass is 156 g/mol. The van der Waals surface area contributed by atoms with Gasteiger partial charge >= 0.3 is 51.4 Å². The first-order chi connectivity index (χ1) is 4.30. The molecule has 1 heteroatoms. The van der Waals surface area contributed by atoms with Crippen LogP contribution in [0, 0.1) is 6.92 Å². The Balaban J connectivity index is 0.000000810. The van der Waals surface area contributed by atoms with Gasteiger partial charge in [0.2, 0.25) is 0 Å². The summed E-state index contributed by atoms with van der Waals surface area (Å²) < 4.78 is 0. The molecule has 45 valence electrons. The Hall–Kier alpha value is 0.596. The summed E-state index contributed by atoms with van der Waals surface area (Å²) in [5.41, 5.74) is 1.98. The fourth-order valence-electron chi connectivity index (χ4n) is 0.674. The van der Waals surface area contributed by atoms with E-state index < -0.39 is 0 Å². The molecule has 0 heterocycles. The van der Waals surface area contributed by atoms with Crippen LogP contribution in [0.3, 0.4) is 0 Å². The predicted octanol–water partition coefficient (Wildman–Crippen LogP) is -0.462. The van der Waals surface area contributed by atoms with E-state index in [1.165, 1.54) is 0 Å². The van der Waals surface area contributed by atoms with E-state index in [2.05, 4.69) is 13.5 Å². The standard InChI is InChI=1S/C9H9.K/c1-8(2)9-6-4-3-5-7-9;/h3-7H,1-2H2;/q;+1. The molecule has 0 atom stereocenters. The number of hydrogen-bond acceptors (Lipinski definition) is 0. The minimum Gasteiger partial charge on any atom is -0.0952 e. The molecule has 0 bridgehead atoms. The van der Waals surface area contributed by atoms with E-state index in [4.69, 9.17) is 0 Å². The molecule has 0 aliphatic rings. The first kappa shape index (κ1) is 10.6. The van der Waals surface area contributed by atoms with Crippen molar-refractivity contribution in [2.75, 3.05) is 0 Å². The molecule has 10 heavy (non-hydrogen) atoms. The molecule has 0 saturated heterocycles. The summed E-state index contributed by atoms with van der Waals surface area (Å²) in [7, 11) is 0. The van der Waals surface area contributed by atoms with Gasteiger partial charge in [-0.2, -0.15) is 0 Å². The van der Waals surface area contributed by atoms with Gasteiger partial charge in [-0.25, -0.2) is 0 Å². The van der Waals surface area contributed by atoms with Crippen LogP contribution in [0.4, 0.5) is 0 Å². The zero-order valence-electron chi connectivity index (χ0n) is 6.30. The van der Waals surface area contributed by atoms with Crippen LogP contribution in [-0.2, 0) is 0 Å². The second-order valence-electron chi connectivity index (χ2n) is 1.97. The van der Waals surface area contributed by atoms with Gasteiger partial charge in [0.15, 0.2) is 0 Å². The van der Waals surface area contributed by atoms with E-state index in [1.54, 1.807) is 0 Å². The van der Waals surface area contributed by atoms with Crippen LogP contribution in [0.15, 0.2) is 36.9 Å². The Bertz CT molecular complexity index is 201. The summed E-state index contributed by atoms with van der Waals surface area (Å²) in [5.74, 6) is 0. The predicted molar refractivity (Wildman–Crippen MR) is 40.8 cm³/mol. The van der Waals surface area contributed by atoms with Gasteiger partial charge in [-0.1, -0.05) is 36.9 Å². The summed E-state index contributed by atoms with van der Waals surface area (Å²) >= 11 is 0. The first-order valence-corrected chi connectivity index (χ1v) is 2.87. The Morgan fingerprint density at radius 2 is 1.60 bits per heavy atom. The molecule has 1 radical (unpaired) electrons. The zero-order valence-corrected chi connectivity index (χ0v) is 9.42. The Kier molecular flexibility index (Phi) is 5.59. The molecule has 0 aliphatic carbocycles. The van der Waals surface area contributed by atoms with Crippen LogP contribution < -0.4 is 51.4 Å². The van der Waals surface area contributed by atoms with E-state index >= 15 is 0 Å². The molecule has 0 aliphatic heterocycles. The summed E-state index contributed by atoms with van der Waals surface area (Å²) in [6.45, 7) is 7.43. The molecule has 0 unspecified atom stereocenters. The third-order valence-electron chi connectivity index (χ3n) is 1.18. The van der Waals surface area contributed by atoms with E-state index in [0.717, 1.165) is 11.1 Å². The Labute approximate surface area is 105 Å². The Morgan fingerprint density at radius 1 is 1.10 bits per heavy atom. The average Bonchev–Trinajstić information content (AvgIpc) is 1.90. The minimum absolute atomic E-state index is 0. The van der Waals surface area contributed by atoms with E-state index in [-0.39, 0.29) is 51.4 Å². The summed E-state index contributed by atoms with van der Waals surface area (Å²) in [6, 6.07) is 9.93. The van der Waals surface area contributed by atoms with Gasteiger partial charge in [-0.3, -0.25) is 0 Å². The summed E-state index contributed by atoms with van der Waals surface area (Å²) in [6.07, 6.45) is 0. The molecule has 0 spiro atoms. The van der Waals surface area contributed by atoms with E-state index in [0.29, 0.717) is 0 Å². The third kappa shape index (κ3) is 3.13. The molecular formula is C9H9K+. The molecular weight excluding hydrogens is 147 g/mol. The molecule has 1 aromatic rings. The maximum Gasteiger partial charge on any atom is 1.00 e. The molecule has 1 aromatic carbocycles. The van der Waals surface area contributed by atoms with Crippen LogP contribution in [0.1, 0.15) is 5.56 Å². The van der Waals surface area contributed by atoms with Crippen LogP contribution in [-0.4, -0.2) is 0 Å². The van der Waals surface area contributed by atoms with Crippen LogP contribution >= 0.6 is 0 Å². The van der Waals surface area contributed by atoms with Gasteiger partial charge in [-0.05, 0) is 18.1 Å². The summed E-state index contributed by atoms with van der Waals surface area (Å²) in [4.78, 5) is 0. The number of rotatable bonds is 1. The fraction of sp³-hybridized carbons (Fsp3) is 0. The van der Waals surface area contributed by atoms with Crippen molar-refractivity contribution in [3.63, 3.8) is 0 Å². The molecule has 0 fully saturated rings. The van der Waals surface area contributed by atoms with E-state index in [9.17, 15) is 0 Å². The molecule has 1 rings (SSSR count). The molecule has 0 aromatic heterocycles. The number of allylic oxidation sites excluding steroid dienone is 1. The topological polar surface area (TPSA) is 0 Å². The van der Waals surface area contributed by atoms with Crippen molar-refractivity contribution in [2.45, 2.75) is 0 Å². The smallest absolute Gasteiger partial charge is 0.0952 e. The van der Waals surface area contributed by atoms with Crippen LogP contribution in [0.25, 0.3) is 5.57 Å². The van der Waals surface area contributed by atoms with Gasteiger partial charge < -0.3 is 0 Å². The van der Waals surface area contributed by atoms with Crippen molar-refractivity contribution in [3.8, 4) is 0 Å². The third-order valence-corrected chi connectivity index (χ3v) is 1.18. The van der Waals surface area contributed by atoms with Crippen LogP contribution in [0.2, 0.25) is 0 Å². The van der Waals surface area contributed by atoms with Gasteiger partial charge in [0.1, 0.15) is 0 Å². The minimum atomic E-state index is 0. The fourth-order valence-corrected chi connectivity index (χ4v) is 0.674. The second kappa shape index (κ2) is 5.27. The van der Waals surface area contributed by atoms with Gasteiger partial charge in [0, 0.05) is 0 Å². The zero-order chi connectivity index (χ0) is 6.69. The van der Waals surface area contributed by atoms with Crippen LogP contribution in [0.5, 0.6) is 0 Å². The Morgan fingerprint density at radius 3 is 1.90 bits per heavy atom. The quantitative estimate of drug-likeness (QED) is 0.483. The normalized spacial score (nSPS) is 8.10. The second-order valence-corrected chi connectivity index (χ2v) is 1.97. The molecule has 0 saturated carbocycles. The van der Waals surface area contributed by atoms with Crippen molar-refractivity contribution < 1.29 is 51.4 Å². The van der Waals surface area contributed by atoms with Gasteiger partial charge in [-0.15, -0.1) is 0 Å². The maximum absolute atomic E-state index is 3.71. The van der Waals surface area contributed by atoms with Crippen molar-refractivity contribution in [3.05, 3.63) is 49.4 Å². The summed E-state index contributed by atoms with van der Waals surface area (Å²) in [5, 5.41) is 0. The average molecular weight is 156 g/mol. The molecule has 0 nitrogen and oxygen atoms in total. The maximum atomic E-state index is 3.71. The van der Waals surface area contributed by atoms with Crippen molar-refractivity contribution in [1.82, 2.24) is 0 Å². The number of hydrogen-bond donors (Lipinski definition) is 0. The van der Waals surface area contributed by atoms with Crippen molar-refractivity contribution >= 4 is 5.57 Å². The van der Waals surface area contributed by atoms with Gasteiger partial charge in [0.05, 0.1) is 0 Å². The largest absolute Gasteiger partial charge is 1.00 e. The van der Waals surface area contributed by atoms with Crippen molar-refractivity contribution in [2.24, 2.45) is 0 Å². The number of benzene rings is 1. The van der Waals surface area contributed by atoms with Gasteiger partial charge in [0.25, 0.3) is 0 Å². The van der Waals surface area contributed by atoms with E-state index in [1.807, 2.05) is 30.3 Å². The molecule has 0 N–H and O–H groups in total.